The van der Waals surface area contributed by atoms with E-state index in [0.717, 1.165) is 9.52 Å². The standard InChI is InChI=1S/C9H8Si/c1-2-6-9-8(4-1)5-3-7-10-9/h1-6H,7H2. The lowest BCUT2D eigenvalue weighted by atomic mass is 10.2. The highest BCUT2D eigenvalue weighted by atomic mass is 28.2. The second-order valence-electron chi connectivity index (χ2n) is 2.37. The molecule has 0 unspecified atom stereocenters. The summed E-state index contributed by atoms with van der Waals surface area (Å²) in [6.07, 6.45) is 4.46. The van der Waals surface area contributed by atoms with E-state index in [1.807, 2.05) is 0 Å². The molecule has 2 rings (SSSR count). The fourth-order valence-electron chi connectivity index (χ4n) is 1.16. The molecule has 0 spiro atoms. The lowest BCUT2D eigenvalue weighted by Crippen LogP contribution is -2.18. The van der Waals surface area contributed by atoms with Crippen LogP contribution >= 0.6 is 0 Å². The van der Waals surface area contributed by atoms with Gasteiger partial charge < -0.3 is 0 Å². The van der Waals surface area contributed by atoms with Crippen LogP contribution in [0.1, 0.15) is 5.56 Å². The van der Waals surface area contributed by atoms with Crippen molar-refractivity contribution in [2.45, 2.75) is 6.04 Å². The van der Waals surface area contributed by atoms with Crippen molar-refractivity contribution < 1.29 is 0 Å². The Morgan fingerprint density at radius 2 is 2.10 bits per heavy atom. The van der Waals surface area contributed by atoms with E-state index in [9.17, 15) is 0 Å². The Morgan fingerprint density at radius 3 is 3.00 bits per heavy atom. The number of hydrogen-bond donors (Lipinski definition) is 0. The van der Waals surface area contributed by atoms with Gasteiger partial charge in [0, 0.05) is 0 Å². The van der Waals surface area contributed by atoms with Gasteiger partial charge in [0.1, 0.15) is 0 Å². The fraction of sp³-hybridized carbons (Fsp3) is 0.111. The van der Waals surface area contributed by atoms with Crippen LogP contribution in [-0.4, -0.2) is 9.52 Å². The first-order valence-corrected chi connectivity index (χ1v) is 4.67. The van der Waals surface area contributed by atoms with Crippen LogP contribution in [-0.2, 0) is 0 Å². The summed E-state index contributed by atoms with van der Waals surface area (Å²) in [5.41, 5.74) is 1.41. The molecule has 1 aromatic carbocycles. The van der Waals surface area contributed by atoms with Gasteiger partial charge in [-0.25, -0.2) is 0 Å². The summed E-state index contributed by atoms with van der Waals surface area (Å²) in [7, 11) is 0.986. The normalized spacial score (nSPS) is 14.8. The molecule has 0 aromatic heterocycles. The van der Waals surface area contributed by atoms with Crippen LogP contribution in [0.25, 0.3) is 6.08 Å². The Labute approximate surface area is 63.4 Å². The van der Waals surface area contributed by atoms with Crippen LogP contribution in [0, 0.1) is 0 Å². The number of rotatable bonds is 0. The molecular formula is C9H8Si. The van der Waals surface area contributed by atoms with Gasteiger partial charge in [0.25, 0.3) is 0 Å². The van der Waals surface area contributed by atoms with Crippen LogP contribution in [0.15, 0.2) is 30.3 Å². The van der Waals surface area contributed by atoms with E-state index in [-0.39, 0.29) is 0 Å². The molecule has 0 nitrogen and oxygen atoms in total. The van der Waals surface area contributed by atoms with E-state index in [0.29, 0.717) is 0 Å². The number of allylic oxidation sites excluding steroid dienone is 1. The molecule has 0 aliphatic carbocycles. The zero-order valence-corrected chi connectivity index (χ0v) is 6.67. The van der Waals surface area contributed by atoms with E-state index in [4.69, 9.17) is 0 Å². The first kappa shape index (κ1) is 5.92. The van der Waals surface area contributed by atoms with E-state index >= 15 is 0 Å². The van der Waals surface area contributed by atoms with E-state index in [1.165, 1.54) is 16.8 Å². The number of benzene rings is 1. The molecule has 1 aliphatic rings. The third kappa shape index (κ3) is 0.928. The molecule has 48 valence electrons. The van der Waals surface area contributed by atoms with Gasteiger partial charge in [-0.3, -0.25) is 0 Å². The Kier molecular flexibility index (Phi) is 1.44. The molecule has 0 saturated carbocycles. The monoisotopic (exact) mass is 144 g/mol. The summed E-state index contributed by atoms with van der Waals surface area (Å²) in [6, 6.07) is 9.84. The maximum absolute atomic E-state index is 2.25. The molecule has 0 N–H and O–H groups in total. The zero-order chi connectivity index (χ0) is 6.81. The summed E-state index contributed by atoms with van der Waals surface area (Å²) in [5.74, 6) is 0. The molecule has 2 radical (unpaired) electrons. The predicted molar refractivity (Wildman–Crippen MR) is 45.7 cm³/mol. The van der Waals surface area contributed by atoms with Gasteiger partial charge in [0.05, 0.1) is 9.52 Å². The number of fused-ring (bicyclic) bond motifs is 1. The SMILES string of the molecule is C1=Cc2ccccc2[Si]C1. The summed E-state index contributed by atoms with van der Waals surface area (Å²) >= 11 is 0. The highest BCUT2D eigenvalue weighted by Gasteiger charge is 2.01. The third-order valence-electron chi connectivity index (χ3n) is 1.67. The quantitative estimate of drug-likeness (QED) is 0.484. The molecule has 0 saturated heterocycles. The smallest absolute Gasteiger partial charge is 0.0857 e. The van der Waals surface area contributed by atoms with E-state index in [2.05, 4.69) is 36.4 Å². The molecular weight excluding hydrogens is 136 g/mol. The van der Waals surface area contributed by atoms with Crippen molar-refractivity contribution in [1.82, 2.24) is 0 Å². The van der Waals surface area contributed by atoms with Crippen LogP contribution < -0.4 is 5.19 Å². The molecule has 0 fully saturated rings. The van der Waals surface area contributed by atoms with Crippen molar-refractivity contribution in [2.24, 2.45) is 0 Å². The van der Waals surface area contributed by atoms with Gasteiger partial charge in [-0.1, -0.05) is 41.6 Å². The predicted octanol–water partition coefficient (Wildman–Crippen LogP) is 1.46. The Bertz CT molecular complexity index is 263. The maximum Gasteiger partial charge on any atom is 0.0857 e. The number of hydrogen-bond acceptors (Lipinski definition) is 0. The van der Waals surface area contributed by atoms with E-state index < -0.39 is 0 Å². The maximum atomic E-state index is 2.25. The molecule has 0 bridgehead atoms. The lowest BCUT2D eigenvalue weighted by Gasteiger charge is -2.06. The molecule has 1 aliphatic heterocycles. The van der Waals surface area contributed by atoms with Crippen LogP contribution in [0.5, 0.6) is 0 Å². The van der Waals surface area contributed by atoms with Crippen LogP contribution in [0.2, 0.25) is 6.04 Å². The van der Waals surface area contributed by atoms with Gasteiger partial charge in [0.2, 0.25) is 0 Å². The average molecular weight is 144 g/mol. The van der Waals surface area contributed by atoms with Crippen molar-refractivity contribution in [3.63, 3.8) is 0 Å². The molecule has 0 atom stereocenters. The van der Waals surface area contributed by atoms with Gasteiger partial charge in [-0.05, 0) is 11.6 Å². The molecule has 1 heteroatoms. The second kappa shape index (κ2) is 2.43. The highest BCUT2D eigenvalue weighted by Crippen LogP contribution is 2.04. The highest BCUT2D eigenvalue weighted by molar-refractivity contribution is 6.55. The first-order valence-electron chi connectivity index (χ1n) is 3.46. The summed E-state index contributed by atoms with van der Waals surface area (Å²) < 4.78 is 0. The molecule has 0 amide bonds. The molecule has 10 heavy (non-hydrogen) atoms. The Balaban J connectivity index is 2.54. The van der Waals surface area contributed by atoms with Crippen molar-refractivity contribution in [3.8, 4) is 0 Å². The second-order valence-corrected chi connectivity index (χ2v) is 3.67. The summed E-state index contributed by atoms with van der Waals surface area (Å²) in [6.45, 7) is 0. The van der Waals surface area contributed by atoms with Crippen LogP contribution in [0.4, 0.5) is 0 Å². The van der Waals surface area contributed by atoms with Crippen LogP contribution in [0.3, 0.4) is 0 Å². The van der Waals surface area contributed by atoms with Gasteiger partial charge in [-0.15, -0.1) is 0 Å². The van der Waals surface area contributed by atoms with Gasteiger partial charge >= 0.3 is 0 Å². The van der Waals surface area contributed by atoms with E-state index in [1.54, 1.807) is 0 Å². The Morgan fingerprint density at radius 1 is 1.20 bits per heavy atom. The minimum Gasteiger partial charge on any atom is -0.0867 e. The molecule has 1 heterocycles. The molecule has 1 aromatic rings. The van der Waals surface area contributed by atoms with Crippen molar-refractivity contribution in [1.29, 1.82) is 0 Å². The van der Waals surface area contributed by atoms with Crippen molar-refractivity contribution >= 4 is 20.8 Å². The largest absolute Gasteiger partial charge is 0.0867 e. The lowest BCUT2D eigenvalue weighted by molar-refractivity contribution is 1.62. The summed E-state index contributed by atoms with van der Waals surface area (Å²) in [4.78, 5) is 0. The topological polar surface area (TPSA) is 0 Å². The minimum absolute atomic E-state index is 0.986. The third-order valence-corrected chi connectivity index (χ3v) is 2.94. The zero-order valence-electron chi connectivity index (χ0n) is 5.67. The minimum atomic E-state index is 0.986. The van der Waals surface area contributed by atoms with Crippen molar-refractivity contribution in [2.75, 3.05) is 0 Å². The Hall–Kier alpha value is -0.823. The average Bonchev–Trinajstić information content (AvgIpc) is 2.05. The van der Waals surface area contributed by atoms with Gasteiger partial charge in [0.15, 0.2) is 0 Å². The summed E-state index contributed by atoms with van der Waals surface area (Å²) in [5, 5.41) is 1.52. The van der Waals surface area contributed by atoms with Crippen molar-refractivity contribution in [3.05, 3.63) is 35.9 Å². The first-order chi connectivity index (χ1) is 4.97. The fourth-order valence-corrected chi connectivity index (χ4v) is 2.20. The van der Waals surface area contributed by atoms with Gasteiger partial charge in [-0.2, -0.15) is 0 Å².